The van der Waals surface area contributed by atoms with Gasteiger partial charge in [0.15, 0.2) is 5.96 Å². The molecule has 0 bridgehead atoms. The van der Waals surface area contributed by atoms with E-state index in [2.05, 4.69) is 49.1 Å². The lowest BCUT2D eigenvalue weighted by Crippen LogP contribution is -2.53. The Kier molecular flexibility index (Phi) is 7.64. The third-order valence-corrected chi connectivity index (χ3v) is 5.26. The maximum Gasteiger partial charge on any atom is 0.209 e. The van der Waals surface area contributed by atoms with Gasteiger partial charge in [0.2, 0.25) is 10.0 Å². The highest BCUT2D eigenvalue weighted by atomic mass is 32.2. The zero-order chi connectivity index (χ0) is 19.9. The number of hydrogen-bond donors (Lipinski definition) is 2. The van der Waals surface area contributed by atoms with Crippen molar-refractivity contribution in [2.75, 3.05) is 45.5 Å². The lowest BCUT2D eigenvalue weighted by atomic mass is 10.1. The Bertz CT molecular complexity index is 711. The minimum atomic E-state index is -3.26. The second-order valence-corrected chi connectivity index (χ2v) is 9.43. The summed E-state index contributed by atoms with van der Waals surface area (Å²) in [7, 11) is -3.26. The van der Waals surface area contributed by atoms with Crippen LogP contribution in [0.2, 0.25) is 0 Å². The smallest absolute Gasteiger partial charge is 0.209 e. The van der Waals surface area contributed by atoms with E-state index < -0.39 is 15.6 Å². The van der Waals surface area contributed by atoms with Gasteiger partial charge in [0.25, 0.3) is 0 Å². The molecular weight excluding hydrogens is 362 g/mol. The fourth-order valence-corrected chi connectivity index (χ4v) is 4.26. The third-order valence-electron chi connectivity index (χ3n) is 4.34. The van der Waals surface area contributed by atoms with Crippen molar-refractivity contribution in [3.63, 3.8) is 0 Å². The summed E-state index contributed by atoms with van der Waals surface area (Å²) in [6.45, 7) is 11.6. The number of nitrogens with zero attached hydrogens (tertiary/aromatic N) is 3. The van der Waals surface area contributed by atoms with Crippen molar-refractivity contribution in [2.45, 2.75) is 32.9 Å². The van der Waals surface area contributed by atoms with Gasteiger partial charge in [-0.1, -0.05) is 30.3 Å². The molecule has 1 aromatic rings. The Hall–Kier alpha value is -1.64. The van der Waals surface area contributed by atoms with E-state index in [0.717, 1.165) is 45.2 Å². The fourth-order valence-electron chi connectivity index (χ4n) is 3.19. The number of guanidine groups is 1. The summed E-state index contributed by atoms with van der Waals surface area (Å²) < 4.78 is 25.7. The zero-order valence-corrected chi connectivity index (χ0v) is 17.7. The molecule has 1 fully saturated rings. The number of sulfonamides is 1. The van der Waals surface area contributed by atoms with E-state index in [9.17, 15) is 8.42 Å². The van der Waals surface area contributed by atoms with Crippen molar-refractivity contribution in [3.05, 3.63) is 35.9 Å². The monoisotopic (exact) mass is 395 g/mol. The largest absolute Gasteiger partial charge is 0.357 e. The number of rotatable bonds is 7. The van der Waals surface area contributed by atoms with Crippen LogP contribution in [0.3, 0.4) is 0 Å². The molecule has 8 heteroatoms. The van der Waals surface area contributed by atoms with Gasteiger partial charge in [-0.2, -0.15) is 0 Å². The Labute approximate surface area is 163 Å². The molecule has 0 aromatic heterocycles. The van der Waals surface area contributed by atoms with Crippen molar-refractivity contribution in [1.82, 2.24) is 19.8 Å². The van der Waals surface area contributed by atoms with Crippen molar-refractivity contribution in [2.24, 2.45) is 4.99 Å². The van der Waals surface area contributed by atoms with Gasteiger partial charge in [-0.15, -0.1) is 0 Å². The van der Waals surface area contributed by atoms with Crippen molar-refractivity contribution >= 4 is 16.0 Å². The highest BCUT2D eigenvalue weighted by Crippen LogP contribution is 2.10. The topological polar surface area (TPSA) is 77.0 Å². The average Bonchev–Trinajstić information content (AvgIpc) is 2.58. The van der Waals surface area contributed by atoms with Gasteiger partial charge in [0.1, 0.15) is 0 Å². The highest BCUT2D eigenvalue weighted by Gasteiger charge is 2.24. The van der Waals surface area contributed by atoms with Crippen LogP contribution in [-0.2, 0) is 16.6 Å². The Morgan fingerprint density at radius 2 is 1.78 bits per heavy atom. The molecule has 0 saturated carbocycles. The van der Waals surface area contributed by atoms with Crippen molar-refractivity contribution < 1.29 is 8.42 Å². The average molecular weight is 396 g/mol. The van der Waals surface area contributed by atoms with Gasteiger partial charge < -0.3 is 10.2 Å². The summed E-state index contributed by atoms with van der Waals surface area (Å²) in [5.41, 5.74) is 0.712. The molecule has 152 valence electrons. The van der Waals surface area contributed by atoms with E-state index in [-0.39, 0.29) is 0 Å². The van der Waals surface area contributed by atoms with Crippen LogP contribution in [0.1, 0.15) is 26.3 Å². The maximum absolute atomic E-state index is 11.5. The molecule has 0 unspecified atom stereocenters. The van der Waals surface area contributed by atoms with Gasteiger partial charge in [0.05, 0.1) is 12.8 Å². The van der Waals surface area contributed by atoms with E-state index >= 15 is 0 Å². The molecule has 2 rings (SSSR count). The number of piperazine rings is 1. The van der Waals surface area contributed by atoms with E-state index in [0.29, 0.717) is 6.54 Å². The first-order valence-corrected chi connectivity index (χ1v) is 11.4. The minimum absolute atomic E-state index is 0.382. The van der Waals surface area contributed by atoms with Crippen LogP contribution >= 0.6 is 0 Å². The van der Waals surface area contributed by atoms with E-state index in [1.54, 1.807) is 0 Å². The lowest BCUT2D eigenvalue weighted by Gasteiger charge is -2.37. The molecular formula is C19H33N5O2S. The standard InChI is InChI=1S/C19H33N5O2S/c1-5-20-18(21-16-19(2,3)22-27(4,25)26)24-13-11-23(12-14-24)15-17-9-7-6-8-10-17/h6-10,22H,5,11-16H2,1-4H3,(H,20,21). The molecule has 1 aliphatic rings. The molecule has 2 N–H and O–H groups in total. The van der Waals surface area contributed by atoms with Crippen molar-refractivity contribution in [3.8, 4) is 0 Å². The van der Waals surface area contributed by atoms with Gasteiger partial charge in [-0.25, -0.2) is 13.1 Å². The number of benzene rings is 1. The van der Waals surface area contributed by atoms with Gasteiger partial charge in [-0.05, 0) is 26.3 Å². The van der Waals surface area contributed by atoms with Crippen LogP contribution < -0.4 is 10.0 Å². The third kappa shape index (κ3) is 7.86. The zero-order valence-electron chi connectivity index (χ0n) is 16.9. The van der Waals surface area contributed by atoms with Crippen LogP contribution in [0, 0.1) is 0 Å². The first-order valence-electron chi connectivity index (χ1n) is 9.47. The van der Waals surface area contributed by atoms with Crippen LogP contribution in [-0.4, -0.2) is 75.2 Å². The summed E-state index contributed by atoms with van der Waals surface area (Å²) in [5, 5.41) is 3.33. The highest BCUT2D eigenvalue weighted by molar-refractivity contribution is 7.88. The molecule has 1 aliphatic heterocycles. The second kappa shape index (κ2) is 9.52. The molecule has 0 spiro atoms. The number of hydrogen-bond acceptors (Lipinski definition) is 4. The van der Waals surface area contributed by atoms with Gasteiger partial charge >= 0.3 is 0 Å². The summed E-state index contributed by atoms with van der Waals surface area (Å²) in [6.07, 6.45) is 1.18. The SMILES string of the molecule is CCNC(=NCC(C)(C)NS(C)(=O)=O)N1CCN(Cc2ccccc2)CC1. The Morgan fingerprint density at radius 3 is 2.33 bits per heavy atom. The lowest BCUT2D eigenvalue weighted by molar-refractivity contribution is 0.172. The fraction of sp³-hybridized carbons (Fsp3) is 0.632. The molecule has 27 heavy (non-hydrogen) atoms. The van der Waals surface area contributed by atoms with Crippen molar-refractivity contribution in [1.29, 1.82) is 0 Å². The Morgan fingerprint density at radius 1 is 1.15 bits per heavy atom. The molecule has 0 radical (unpaired) electrons. The van der Waals surface area contributed by atoms with Crippen LogP contribution in [0.4, 0.5) is 0 Å². The predicted octanol–water partition coefficient (Wildman–Crippen LogP) is 1.10. The summed E-state index contributed by atoms with van der Waals surface area (Å²) in [5.74, 6) is 0.847. The van der Waals surface area contributed by atoms with Crippen LogP contribution in [0.15, 0.2) is 35.3 Å². The first kappa shape index (κ1) is 21.7. The molecule has 0 atom stereocenters. The van der Waals surface area contributed by atoms with Crippen LogP contribution in [0.5, 0.6) is 0 Å². The minimum Gasteiger partial charge on any atom is -0.357 e. The summed E-state index contributed by atoms with van der Waals surface area (Å²) >= 11 is 0. The summed E-state index contributed by atoms with van der Waals surface area (Å²) in [6, 6.07) is 10.5. The quantitative estimate of drug-likeness (QED) is 0.534. The number of aliphatic imine (C=N–C) groups is 1. The molecule has 0 amide bonds. The van der Waals surface area contributed by atoms with Crippen LogP contribution in [0.25, 0.3) is 0 Å². The molecule has 0 aliphatic carbocycles. The first-order chi connectivity index (χ1) is 12.7. The van der Waals surface area contributed by atoms with Gasteiger partial charge in [0, 0.05) is 44.8 Å². The molecule has 1 saturated heterocycles. The van der Waals surface area contributed by atoms with E-state index in [4.69, 9.17) is 0 Å². The predicted molar refractivity (Wildman–Crippen MR) is 111 cm³/mol. The second-order valence-electron chi connectivity index (χ2n) is 7.68. The molecule has 7 nitrogen and oxygen atoms in total. The molecule has 1 heterocycles. The number of nitrogens with one attached hydrogen (secondary N) is 2. The maximum atomic E-state index is 11.5. The molecule has 1 aromatic carbocycles. The summed E-state index contributed by atoms with van der Waals surface area (Å²) in [4.78, 5) is 9.39. The normalized spacial score (nSPS) is 17.2. The van der Waals surface area contributed by atoms with E-state index in [1.807, 2.05) is 26.8 Å². The van der Waals surface area contributed by atoms with E-state index in [1.165, 1.54) is 11.8 Å². The Balaban J connectivity index is 1.93. The van der Waals surface area contributed by atoms with Gasteiger partial charge in [-0.3, -0.25) is 9.89 Å².